The number of phenolic OH excluding ortho intramolecular Hbond substituents is 1. The van der Waals surface area contributed by atoms with Gasteiger partial charge in [0.15, 0.2) is 23.3 Å². The van der Waals surface area contributed by atoms with Gasteiger partial charge in [-0.25, -0.2) is 22.0 Å². The molecule has 0 radical (unpaired) electrons. The van der Waals surface area contributed by atoms with E-state index in [2.05, 4.69) is 4.99 Å². The summed E-state index contributed by atoms with van der Waals surface area (Å²) < 4.78 is 107. The van der Waals surface area contributed by atoms with Crippen LogP contribution >= 0.6 is 0 Å². The zero-order valence-corrected chi connectivity index (χ0v) is 28.3. The highest BCUT2D eigenvalue weighted by Gasteiger charge is 2.37. The van der Waals surface area contributed by atoms with Crippen molar-refractivity contribution in [1.82, 2.24) is 4.48 Å². The van der Waals surface area contributed by atoms with Crippen molar-refractivity contribution in [3.63, 3.8) is 0 Å². The summed E-state index contributed by atoms with van der Waals surface area (Å²) in [5.74, 6) is -11.1. The molecule has 0 unspecified atom stereocenters. The quantitative estimate of drug-likeness (QED) is 0.101. The van der Waals surface area contributed by atoms with Crippen molar-refractivity contribution >= 4 is 30.8 Å². The van der Waals surface area contributed by atoms with Gasteiger partial charge in [-0.3, -0.25) is 13.6 Å². The number of aliphatic hydroxyl groups is 1. The number of halogens is 7. The molecule has 0 bridgehead atoms. The fraction of sp³-hybridized carbons (Fsp3) is 0.205. The first kappa shape index (κ1) is 37.0. The Morgan fingerprint density at radius 1 is 0.843 bits per heavy atom. The fourth-order valence-electron chi connectivity index (χ4n) is 6.33. The number of aromatic nitrogens is 1. The van der Waals surface area contributed by atoms with Crippen molar-refractivity contribution < 1.29 is 40.8 Å². The summed E-state index contributed by atoms with van der Waals surface area (Å²) in [7, 11) is -3.32. The summed E-state index contributed by atoms with van der Waals surface area (Å²) in [5.41, 5.74) is 0.460. The number of hydrogen-bond acceptors (Lipinski definition) is 3. The second kappa shape index (κ2) is 15.3. The van der Waals surface area contributed by atoms with E-state index in [-0.39, 0.29) is 41.3 Å². The van der Waals surface area contributed by atoms with Crippen molar-refractivity contribution in [1.29, 1.82) is 0 Å². The van der Waals surface area contributed by atoms with Crippen molar-refractivity contribution in [2.24, 2.45) is 4.99 Å². The number of nitrogens with zero attached hydrogens (tertiary/aromatic N) is 2. The molecule has 1 aromatic heterocycles. The van der Waals surface area contributed by atoms with Crippen molar-refractivity contribution in [3.8, 4) is 5.75 Å². The van der Waals surface area contributed by atoms with Crippen LogP contribution in [0.3, 0.4) is 0 Å². The summed E-state index contributed by atoms with van der Waals surface area (Å²) in [4.78, 5) is 4.68. The van der Waals surface area contributed by atoms with Crippen LogP contribution in [0, 0.1) is 36.0 Å². The van der Waals surface area contributed by atoms with Gasteiger partial charge in [-0.15, -0.1) is 0 Å². The Kier molecular flexibility index (Phi) is 11.1. The van der Waals surface area contributed by atoms with Gasteiger partial charge >= 0.3 is 7.40 Å². The van der Waals surface area contributed by atoms with Crippen LogP contribution < -0.4 is 0 Å². The first-order chi connectivity index (χ1) is 24.3. The van der Waals surface area contributed by atoms with E-state index in [1.54, 1.807) is 50.3 Å². The van der Waals surface area contributed by atoms with Crippen molar-refractivity contribution in [2.45, 2.75) is 53.4 Å². The lowest BCUT2D eigenvalue weighted by Crippen LogP contribution is -2.21. The monoisotopic (exact) mass is 706 g/mol. The minimum absolute atomic E-state index is 0.00868. The predicted octanol–water partition coefficient (Wildman–Crippen LogP) is 10.9. The van der Waals surface area contributed by atoms with E-state index in [1.165, 1.54) is 43.4 Å². The van der Waals surface area contributed by atoms with Crippen LogP contribution in [0.1, 0.15) is 73.7 Å². The second-order valence-electron chi connectivity index (χ2n) is 12.1. The van der Waals surface area contributed by atoms with E-state index in [1.807, 2.05) is 6.92 Å². The smallest absolute Gasteiger partial charge is 0.508 e. The van der Waals surface area contributed by atoms with Gasteiger partial charge in [0.05, 0.1) is 11.3 Å². The first-order valence-electron chi connectivity index (χ1n) is 16.2. The summed E-state index contributed by atoms with van der Waals surface area (Å²) in [6.07, 6.45) is 14.0. The van der Waals surface area contributed by atoms with Crippen molar-refractivity contribution in [2.75, 3.05) is 0 Å². The lowest BCUT2D eigenvalue weighted by Gasteiger charge is -2.24. The third-order valence-corrected chi connectivity index (χ3v) is 8.99. The topological polar surface area (TPSA) is 57.8 Å². The molecule has 2 aromatic carbocycles. The first-order valence-corrected chi connectivity index (χ1v) is 16.2. The highest BCUT2D eigenvalue weighted by atomic mass is 19.2. The molecule has 2 N–H and O–H groups in total. The van der Waals surface area contributed by atoms with E-state index in [9.17, 15) is 23.4 Å². The molecule has 0 atom stereocenters. The number of aliphatic imine (C=N–C) groups is 1. The molecule has 0 amide bonds. The van der Waals surface area contributed by atoms with Crippen LogP contribution in [0.5, 0.6) is 5.75 Å². The normalized spacial score (nSPS) is 16.2. The van der Waals surface area contributed by atoms with Gasteiger partial charge in [0, 0.05) is 29.1 Å². The Labute approximate surface area is 291 Å². The van der Waals surface area contributed by atoms with E-state index < -0.39 is 53.3 Å². The molecule has 0 saturated carbocycles. The van der Waals surface area contributed by atoms with Crippen molar-refractivity contribution in [3.05, 3.63) is 152 Å². The number of rotatable bonds is 9. The van der Waals surface area contributed by atoms with Crippen LogP contribution in [0.4, 0.5) is 30.6 Å². The molecule has 4 nitrogen and oxygen atoms in total. The Balaban J connectivity index is 1.89. The molecule has 0 fully saturated rings. The molecule has 0 saturated heterocycles. The molecule has 0 spiro atoms. The minimum Gasteiger partial charge on any atom is -0.508 e. The third kappa shape index (κ3) is 7.31. The Morgan fingerprint density at radius 3 is 2.10 bits per heavy atom. The molecule has 1 aliphatic carbocycles. The maximum atomic E-state index is 15.9. The number of benzene rings is 2. The minimum atomic E-state index is -3.32. The van der Waals surface area contributed by atoms with E-state index >= 15 is 17.4 Å². The molecule has 3 aromatic rings. The van der Waals surface area contributed by atoms with Crippen LogP contribution in [-0.2, 0) is 6.42 Å². The molecule has 2 heterocycles. The highest BCUT2D eigenvalue weighted by molar-refractivity contribution is 6.42. The van der Waals surface area contributed by atoms with Gasteiger partial charge in [-0.1, -0.05) is 55.9 Å². The molecule has 1 aliphatic heterocycles. The van der Waals surface area contributed by atoms with Crippen LogP contribution in [0.2, 0.25) is 0 Å². The zero-order valence-electron chi connectivity index (χ0n) is 28.3. The molecule has 12 heteroatoms. The van der Waals surface area contributed by atoms with Gasteiger partial charge in [-0.05, 0) is 97.4 Å². The average molecular weight is 707 g/mol. The average Bonchev–Trinajstić information content (AvgIpc) is 3.22. The largest absolute Gasteiger partial charge is 0.678 e. The lowest BCUT2D eigenvalue weighted by atomic mass is 9.87. The van der Waals surface area contributed by atoms with Gasteiger partial charge < -0.3 is 14.7 Å². The van der Waals surface area contributed by atoms with E-state index in [4.69, 9.17) is 0 Å². The van der Waals surface area contributed by atoms with Gasteiger partial charge in [0.1, 0.15) is 11.5 Å². The number of allylic oxidation sites excluding steroid dienone is 9. The molecular formula is C39H34BF7N2O2. The van der Waals surface area contributed by atoms with Crippen LogP contribution in [0.25, 0.3) is 17.7 Å². The molecule has 2 aliphatic rings. The number of dihydropyridines is 1. The van der Waals surface area contributed by atoms with E-state index in [0.717, 1.165) is 5.57 Å². The molecule has 51 heavy (non-hydrogen) atoms. The molecule has 264 valence electrons. The molecule has 5 rings (SSSR count). The number of aromatic hydroxyl groups is 1. The van der Waals surface area contributed by atoms with Gasteiger partial charge in [-0.2, -0.15) is 0 Å². The Hall–Kier alpha value is -5.26. The number of phenols is 1. The lowest BCUT2D eigenvalue weighted by molar-refractivity contribution is 0.376. The summed E-state index contributed by atoms with van der Waals surface area (Å²) >= 11 is 0. The highest BCUT2D eigenvalue weighted by Crippen LogP contribution is 2.43. The second-order valence-corrected chi connectivity index (χ2v) is 12.1. The maximum absolute atomic E-state index is 15.9. The Morgan fingerprint density at radius 2 is 1.49 bits per heavy atom. The SMILES string of the molecule is CCC1=C(C)/C(=C(\c2c(F)c(F)c(F)c(F)c2F)c2c(C)c(CC)c(/C=C/c3ccc(O)cc3)n2B(F)F)N=C(/C=C/C2=CC=C(O)C=CC2)C1. The third-order valence-electron chi connectivity index (χ3n) is 8.99. The fourth-order valence-corrected chi connectivity index (χ4v) is 6.33. The van der Waals surface area contributed by atoms with Gasteiger partial charge in [0.25, 0.3) is 0 Å². The number of hydrogen-bond donors (Lipinski definition) is 2. The van der Waals surface area contributed by atoms with Crippen LogP contribution in [0.15, 0.2) is 93.9 Å². The maximum Gasteiger partial charge on any atom is 0.678 e. The predicted molar refractivity (Wildman–Crippen MR) is 188 cm³/mol. The summed E-state index contributed by atoms with van der Waals surface area (Å²) in [6.45, 7) is 6.55. The van der Waals surface area contributed by atoms with E-state index in [0.29, 0.717) is 45.3 Å². The summed E-state index contributed by atoms with van der Waals surface area (Å²) in [5, 5.41) is 19.5. The summed E-state index contributed by atoms with van der Waals surface area (Å²) in [6, 6.07) is 5.92. The number of aliphatic hydroxyl groups excluding tert-OH is 1. The molecular weight excluding hydrogens is 672 g/mol. The Bertz CT molecular complexity index is 2100. The zero-order chi connectivity index (χ0) is 37.1. The standard InChI is InChI=1S/C39H34BF7N2O2/c1-5-25-20-26(15-10-23-8-7-9-27(50)16-11-23)48-38(21(25)3)32(31-33(41)35(43)37(45)36(44)34(31)42)39-22(4)29(6-2)30(49(39)40(46)47)19-14-24-12-17-28(51)18-13-24/h7,9-19,50-51H,5-6,8,20H2,1-4H3/b15-10+,19-14+,38-32-. The van der Waals surface area contributed by atoms with Gasteiger partial charge in [0.2, 0.25) is 5.82 Å². The van der Waals surface area contributed by atoms with Crippen LogP contribution in [-0.4, -0.2) is 27.8 Å².